The lowest BCUT2D eigenvalue weighted by Crippen LogP contribution is -2.66. The molecule has 1 spiro atoms. The minimum Gasteiger partial charge on any atom is -0.487 e. The summed E-state index contributed by atoms with van der Waals surface area (Å²) in [5, 5.41) is 11.8. The number of aromatic nitrogens is 6. The quantitative estimate of drug-likeness (QED) is 0.0720. The predicted octanol–water partition coefficient (Wildman–Crippen LogP) is 8.71. The van der Waals surface area contributed by atoms with Crippen molar-refractivity contribution in [3.05, 3.63) is 48.4 Å². The molecule has 0 atom stereocenters. The Bertz CT molecular complexity index is 1960. The summed E-state index contributed by atoms with van der Waals surface area (Å²) in [6.45, 7) is 19.7. The number of aryl methyl sites for hydroxylation is 1. The van der Waals surface area contributed by atoms with Crippen LogP contribution >= 0.6 is 0 Å². The van der Waals surface area contributed by atoms with Gasteiger partial charge in [-0.2, -0.15) is 14.5 Å². The van der Waals surface area contributed by atoms with Crippen LogP contribution in [0.4, 0.5) is 35.0 Å². The highest BCUT2D eigenvalue weighted by molar-refractivity contribution is 6.76. The molecule has 1 N–H and O–H groups in total. The van der Waals surface area contributed by atoms with Crippen molar-refractivity contribution in [1.29, 1.82) is 0 Å². The molecule has 294 valence electrons. The minimum atomic E-state index is -2.60. The highest BCUT2D eigenvalue weighted by Gasteiger charge is 2.62. The van der Waals surface area contributed by atoms with Gasteiger partial charge in [0.25, 0.3) is 0 Å². The first-order chi connectivity index (χ1) is 25.1. The molecule has 6 rings (SSSR count). The van der Waals surface area contributed by atoms with Crippen molar-refractivity contribution < 1.29 is 31.5 Å². The molecule has 0 bridgehead atoms. The number of pyridine rings is 1. The fraction of sp³-hybridized carbons (Fsp3) is 0.568. The number of anilines is 3. The third-order valence-electron chi connectivity index (χ3n) is 10.6. The Morgan fingerprint density at radius 2 is 1.67 bits per heavy atom. The van der Waals surface area contributed by atoms with E-state index in [0.29, 0.717) is 60.9 Å². The number of rotatable bonds is 15. The van der Waals surface area contributed by atoms with Crippen LogP contribution in [-0.4, -0.2) is 84.8 Å². The predicted molar refractivity (Wildman–Crippen MR) is 207 cm³/mol. The summed E-state index contributed by atoms with van der Waals surface area (Å²) in [5.41, 5.74) is 0.677. The average molecular weight is 789 g/mol. The van der Waals surface area contributed by atoms with Gasteiger partial charge < -0.3 is 24.1 Å². The molecule has 17 heteroatoms. The van der Waals surface area contributed by atoms with Crippen LogP contribution in [0.25, 0.3) is 22.5 Å². The van der Waals surface area contributed by atoms with Crippen molar-refractivity contribution in [1.82, 2.24) is 29.5 Å². The second-order valence-electron chi connectivity index (χ2n) is 17.5. The smallest absolute Gasteiger partial charge is 0.249 e. The molecule has 2 fully saturated rings. The summed E-state index contributed by atoms with van der Waals surface area (Å²) >= 11 is 0. The van der Waals surface area contributed by atoms with Gasteiger partial charge >= 0.3 is 0 Å². The standard InChI is InChI=1S/C37H52F4N8O3Si2/c1-35(2,3)54(8,9)52-13-12-51-30-16-25(18-42-33(30)48-22-36(23-48)20-37(40,41)21-36)32-45-34(47(4)46-32)44-26-10-11-27(29(38)17-26)28-19-43-49(31(28)39)24-50-14-15-53(5,6)7/h10-11,16-19H,12-15,20-24H2,1-9H3,(H,44,45,46). The Morgan fingerprint density at radius 1 is 0.944 bits per heavy atom. The fourth-order valence-corrected chi connectivity index (χ4v) is 8.26. The maximum absolute atomic E-state index is 15.4. The van der Waals surface area contributed by atoms with Crippen molar-refractivity contribution >= 4 is 33.8 Å². The fourth-order valence-electron chi connectivity index (χ4n) is 6.48. The molecule has 1 aromatic carbocycles. The zero-order valence-electron chi connectivity index (χ0n) is 32.7. The van der Waals surface area contributed by atoms with E-state index in [4.69, 9.17) is 18.9 Å². The number of benzene rings is 1. The third-order valence-corrected chi connectivity index (χ3v) is 16.8. The molecule has 1 saturated heterocycles. The summed E-state index contributed by atoms with van der Waals surface area (Å²) in [7, 11) is -1.59. The highest BCUT2D eigenvalue weighted by atomic mass is 28.4. The van der Waals surface area contributed by atoms with Crippen molar-refractivity contribution in [2.75, 3.05) is 43.1 Å². The van der Waals surface area contributed by atoms with Gasteiger partial charge in [0.1, 0.15) is 19.2 Å². The number of hydrogen-bond donors (Lipinski definition) is 1. The molecule has 54 heavy (non-hydrogen) atoms. The molecular weight excluding hydrogens is 737 g/mol. The average Bonchev–Trinajstić information content (AvgIpc) is 3.59. The van der Waals surface area contributed by atoms with E-state index in [-0.39, 0.29) is 47.8 Å². The van der Waals surface area contributed by atoms with Gasteiger partial charge in [-0.3, -0.25) is 0 Å². The van der Waals surface area contributed by atoms with Gasteiger partial charge in [-0.15, -0.1) is 5.10 Å². The SMILES string of the molecule is Cn1nc(-c2cnc(N3CC4(C3)CC(F)(F)C4)c(OCCO[Si](C)(C)C(C)(C)C)c2)nc1Nc1ccc(-c2cnn(COCC[Si](C)(C)C)c2F)c(F)c1. The van der Waals surface area contributed by atoms with Crippen LogP contribution in [-0.2, 0) is 22.9 Å². The lowest BCUT2D eigenvalue weighted by atomic mass is 9.61. The van der Waals surface area contributed by atoms with Crippen LogP contribution in [0.2, 0.25) is 43.8 Å². The second-order valence-corrected chi connectivity index (χ2v) is 27.9. The van der Waals surface area contributed by atoms with E-state index in [2.05, 4.69) is 74.0 Å². The van der Waals surface area contributed by atoms with Crippen molar-refractivity contribution in [2.45, 2.75) is 90.1 Å². The summed E-state index contributed by atoms with van der Waals surface area (Å²) in [6, 6.07) is 7.11. The third kappa shape index (κ3) is 8.84. The molecule has 1 aliphatic carbocycles. The van der Waals surface area contributed by atoms with Crippen LogP contribution in [0.5, 0.6) is 5.75 Å². The second kappa shape index (κ2) is 14.7. The highest BCUT2D eigenvalue weighted by Crippen LogP contribution is 2.58. The van der Waals surface area contributed by atoms with Gasteiger partial charge in [0.15, 0.2) is 25.7 Å². The van der Waals surface area contributed by atoms with Gasteiger partial charge in [-0.1, -0.05) is 40.4 Å². The van der Waals surface area contributed by atoms with Crippen molar-refractivity contribution in [3.8, 4) is 28.3 Å². The summed E-state index contributed by atoms with van der Waals surface area (Å²) in [6.07, 6.45) is 2.71. The minimum absolute atomic E-state index is 0.0355. The first kappa shape index (κ1) is 39.9. The number of nitrogens with one attached hydrogen (secondary N) is 1. The molecule has 1 saturated carbocycles. The number of hydrogen-bond acceptors (Lipinski definition) is 9. The first-order valence-electron chi connectivity index (χ1n) is 18.3. The number of nitrogens with zero attached hydrogens (tertiary/aromatic N) is 7. The zero-order chi connectivity index (χ0) is 39.3. The zero-order valence-corrected chi connectivity index (χ0v) is 34.7. The van der Waals surface area contributed by atoms with Gasteiger partial charge in [0.2, 0.25) is 17.8 Å². The van der Waals surface area contributed by atoms with Crippen LogP contribution < -0.4 is 15.0 Å². The number of halogens is 4. The molecule has 0 amide bonds. The summed E-state index contributed by atoms with van der Waals surface area (Å²) < 4.78 is 78.8. The van der Waals surface area contributed by atoms with Gasteiger partial charge in [0, 0.05) is 76.1 Å². The van der Waals surface area contributed by atoms with Gasteiger partial charge in [-0.05, 0) is 48.4 Å². The van der Waals surface area contributed by atoms with Crippen LogP contribution in [0, 0.1) is 17.2 Å². The van der Waals surface area contributed by atoms with E-state index in [1.54, 1.807) is 25.4 Å². The van der Waals surface area contributed by atoms with Crippen LogP contribution in [0.15, 0.2) is 36.7 Å². The van der Waals surface area contributed by atoms with E-state index in [9.17, 15) is 8.78 Å². The number of ether oxygens (including phenoxy) is 2. The Kier molecular flexibility index (Phi) is 10.8. The monoisotopic (exact) mass is 788 g/mol. The molecular formula is C37H52F4N8O3Si2. The van der Waals surface area contributed by atoms with E-state index in [1.165, 1.54) is 23.0 Å². The molecule has 11 nitrogen and oxygen atoms in total. The molecule has 1 aliphatic heterocycles. The molecule has 4 aromatic rings. The molecule has 4 heterocycles. The molecule has 0 unspecified atom stereocenters. The van der Waals surface area contributed by atoms with E-state index in [0.717, 1.165) is 10.7 Å². The van der Waals surface area contributed by atoms with Gasteiger partial charge in [-0.25, -0.2) is 27.5 Å². The van der Waals surface area contributed by atoms with E-state index < -0.39 is 34.1 Å². The Labute approximate surface area is 316 Å². The van der Waals surface area contributed by atoms with E-state index >= 15 is 8.78 Å². The lowest BCUT2D eigenvalue weighted by Gasteiger charge is -2.59. The number of alkyl halides is 2. The summed E-state index contributed by atoms with van der Waals surface area (Å²) in [5.74, 6) is -2.18. The van der Waals surface area contributed by atoms with Gasteiger partial charge in [0.05, 0.1) is 18.4 Å². The molecule has 2 aliphatic rings. The summed E-state index contributed by atoms with van der Waals surface area (Å²) in [4.78, 5) is 11.3. The lowest BCUT2D eigenvalue weighted by molar-refractivity contribution is -0.170. The van der Waals surface area contributed by atoms with Crippen molar-refractivity contribution in [2.24, 2.45) is 12.5 Å². The molecule has 3 aromatic heterocycles. The molecule has 0 radical (unpaired) electrons. The van der Waals surface area contributed by atoms with Crippen LogP contribution in [0.3, 0.4) is 0 Å². The topological polar surface area (TPSA) is 104 Å². The normalized spacial score (nSPS) is 16.7. The first-order valence-corrected chi connectivity index (χ1v) is 24.9. The Balaban J connectivity index is 1.15. The van der Waals surface area contributed by atoms with E-state index in [1.807, 2.05) is 4.90 Å². The largest absolute Gasteiger partial charge is 0.487 e. The maximum atomic E-state index is 15.4. The Hall–Kier alpha value is -3.81. The van der Waals surface area contributed by atoms with Crippen LogP contribution in [0.1, 0.15) is 33.6 Å². The van der Waals surface area contributed by atoms with Crippen molar-refractivity contribution in [3.63, 3.8) is 0 Å². The Morgan fingerprint density at radius 3 is 2.31 bits per heavy atom. The maximum Gasteiger partial charge on any atom is 0.249 e.